The van der Waals surface area contributed by atoms with E-state index in [1.807, 2.05) is 47.4 Å². The zero-order valence-electron chi connectivity index (χ0n) is 14.8. The first-order valence-corrected chi connectivity index (χ1v) is 9.06. The number of nitrogens with two attached hydrogens (primary N) is 1. The van der Waals surface area contributed by atoms with Crippen molar-refractivity contribution >= 4 is 39.4 Å². The van der Waals surface area contributed by atoms with Gasteiger partial charge >= 0.3 is 0 Å². The molecule has 2 aliphatic heterocycles. The summed E-state index contributed by atoms with van der Waals surface area (Å²) in [7, 11) is 3.19. The van der Waals surface area contributed by atoms with E-state index in [1.54, 1.807) is 31.6 Å². The summed E-state index contributed by atoms with van der Waals surface area (Å²) in [6, 6.07) is 13.7. The zero-order chi connectivity index (χ0) is 19.0. The number of methoxy groups -OCH3 is 2. The first-order valence-electron chi connectivity index (χ1n) is 8.27. The van der Waals surface area contributed by atoms with Crippen molar-refractivity contribution in [1.82, 2.24) is 4.90 Å². The molecule has 2 aromatic rings. The smallest absolute Gasteiger partial charge is 0.181 e. The Kier molecular flexibility index (Phi) is 4.59. The number of hydrazone groups is 1. The van der Waals surface area contributed by atoms with Crippen molar-refractivity contribution in [3.8, 4) is 11.5 Å². The van der Waals surface area contributed by atoms with E-state index >= 15 is 0 Å². The first kappa shape index (κ1) is 17.6. The van der Waals surface area contributed by atoms with E-state index in [1.165, 1.54) is 0 Å². The largest absolute Gasteiger partial charge is 0.493 e. The molecule has 2 N–H and O–H groups in total. The van der Waals surface area contributed by atoms with Gasteiger partial charge in [-0.3, -0.25) is 15.6 Å². The second kappa shape index (κ2) is 7.05. The van der Waals surface area contributed by atoms with Crippen molar-refractivity contribution in [2.24, 2.45) is 15.8 Å². The van der Waals surface area contributed by atoms with Crippen LogP contribution in [0.2, 0.25) is 0 Å². The number of halogens is 1. The summed E-state index contributed by atoms with van der Waals surface area (Å²) in [4.78, 5) is 6.28. The van der Waals surface area contributed by atoms with Gasteiger partial charge in [0.05, 0.1) is 38.0 Å². The van der Waals surface area contributed by atoms with Crippen LogP contribution in [0, 0.1) is 0 Å². The normalized spacial score (nSPS) is 18.1. The summed E-state index contributed by atoms with van der Waals surface area (Å²) in [5.41, 5.74) is 9.24. The summed E-state index contributed by atoms with van der Waals surface area (Å²) in [6.45, 7) is 0. The third-order valence-corrected chi connectivity index (χ3v) is 5.02. The lowest BCUT2D eigenvalue weighted by Crippen LogP contribution is -2.48. The third kappa shape index (κ3) is 2.96. The third-order valence-electron chi connectivity index (χ3n) is 4.39. The Morgan fingerprint density at radius 1 is 1.07 bits per heavy atom. The number of anilines is 1. The van der Waals surface area contributed by atoms with Crippen molar-refractivity contribution in [3.05, 3.63) is 58.7 Å². The van der Waals surface area contributed by atoms with Gasteiger partial charge in [0.15, 0.2) is 23.6 Å². The predicted octanol–water partition coefficient (Wildman–Crippen LogP) is 3.23. The van der Waals surface area contributed by atoms with Crippen molar-refractivity contribution < 1.29 is 9.47 Å². The Bertz CT molecular complexity index is 958. The summed E-state index contributed by atoms with van der Waals surface area (Å²) in [5.74, 6) is 1.89. The summed E-state index contributed by atoms with van der Waals surface area (Å²) in [6.07, 6.45) is 2.95. The fraction of sp³-hybridized carbons (Fsp3) is 0.158. The molecule has 0 bridgehead atoms. The van der Waals surface area contributed by atoms with Gasteiger partial charge in [0.25, 0.3) is 0 Å². The highest BCUT2D eigenvalue weighted by atomic mass is 79.9. The fourth-order valence-electron chi connectivity index (χ4n) is 3.09. The molecule has 1 unspecified atom stereocenters. The van der Waals surface area contributed by atoms with E-state index in [-0.39, 0.29) is 0 Å². The van der Waals surface area contributed by atoms with E-state index in [9.17, 15) is 0 Å². The molecule has 0 saturated carbocycles. The van der Waals surface area contributed by atoms with Crippen LogP contribution in [-0.4, -0.2) is 37.5 Å². The van der Waals surface area contributed by atoms with Crippen LogP contribution in [0.3, 0.4) is 0 Å². The number of hydrogen-bond acceptors (Lipinski definition) is 7. The molecule has 4 rings (SSSR count). The van der Waals surface area contributed by atoms with Crippen LogP contribution in [0.15, 0.2) is 63.2 Å². The number of nitrogens with zero attached hydrogens (tertiary/aromatic N) is 4. The van der Waals surface area contributed by atoms with Gasteiger partial charge in [0.2, 0.25) is 0 Å². The van der Waals surface area contributed by atoms with Crippen molar-refractivity contribution in [3.63, 3.8) is 0 Å². The molecule has 8 heteroatoms. The minimum atomic E-state index is -0.535. The quantitative estimate of drug-likeness (QED) is 0.810. The Labute approximate surface area is 165 Å². The molecule has 27 heavy (non-hydrogen) atoms. The van der Waals surface area contributed by atoms with Gasteiger partial charge in [-0.05, 0) is 21.5 Å². The lowest BCUT2D eigenvalue weighted by molar-refractivity contribution is 0.354. The minimum Gasteiger partial charge on any atom is -0.493 e. The molecule has 0 amide bonds. The number of aliphatic imine (C=N–C) groups is 1. The molecule has 0 saturated heterocycles. The monoisotopic (exact) mass is 427 g/mol. The van der Waals surface area contributed by atoms with Crippen LogP contribution in [0.25, 0.3) is 5.70 Å². The summed E-state index contributed by atoms with van der Waals surface area (Å²) < 4.78 is 11.6. The lowest BCUT2D eigenvalue weighted by atomic mass is 10.1. The highest BCUT2D eigenvalue weighted by Crippen LogP contribution is 2.41. The molecule has 0 radical (unpaired) electrons. The molecule has 0 aliphatic carbocycles. The number of amidine groups is 1. The average molecular weight is 428 g/mol. The van der Waals surface area contributed by atoms with Gasteiger partial charge in [0.1, 0.15) is 0 Å². The highest BCUT2D eigenvalue weighted by molar-refractivity contribution is 9.10. The van der Waals surface area contributed by atoms with Crippen LogP contribution in [0.5, 0.6) is 11.5 Å². The molecule has 7 nitrogen and oxygen atoms in total. The van der Waals surface area contributed by atoms with Gasteiger partial charge in [-0.2, -0.15) is 0 Å². The fourth-order valence-corrected chi connectivity index (χ4v) is 3.60. The molecule has 2 aliphatic rings. The number of hydrogen-bond donors (Lipinski definition) is 1. The van der Waals surface area contributed by atoms with Gasteiger partial charge in [-0.25, -0.2) is 5.01 Å². The van der Waals surface area contributed by atoms with E-state index < -0.39 is 6.29 Å². The molecule has 0 spiro atoms. The second-order valence-electron chi connectivity index (χ2n) is 5.90. The van der Waals surface area contributed by atoms with Crippen molar-refractivity contribution in [1.29, 1.82) is 0 Å². The lowest BCUT2D eigenvalue weighted by Gasteiger charge is -2.31. The van der Waals surface area contributed by atoms with Gasteiger partial charge in [-0.15, -0.1) is 5.10 Å². The Balaban J connectivity index is 1.74. The second-order valence-corrected chi connectivity index (χ2v) is 6.76. The Morgan fingerprint density at radius 3 is 2.48 bits per heavy atom. The highest BCUT2D eigenvalue weighted by Gasteiger charge is 2.36. The molecule has 138 valence electrons. The molecule has 2 heterocycles. The molecule has 2 aromatic carbocycles. The minimum absolute atomic E-state index is 0.535. The van der Waals surface area contributed by atoms with Gasteiger partial charge < -0.3 is 9.47 Å². The number of rotatable bonds is 4. The van der Waals surface area contributed by atoms with E-state index in [0.29, 0.717) is 17.3 Å². The topological polar surface area (TPSA) is 75.7 Å². The SMILES string of the molecule is COc1cc(Br)c(N2N=C3C=NC=C(c4ccccc4)N3C2N)cc1OC. The summed E-state index contributed by atoms with van der Waals surface area (Å²) >= 11 is 3.58. The maximum atomic E-state index is 6.57. The Hall–Kier alpha value is -2.84. The molecule has 1 atom stereocenters. The van der Waals surface area contributed by atoms with Crippen LogP contribution >= 0.6 is 15.9 Å². The maximum Gasteiger partial charge on any atom is 0.181 e. The van der Waals surface area contributed by atoms with E-state index in [0.717, 1.165) is 21.4 Å². The van der Waals surface area contributed by atoms with Crippen molar-refractivity contribution in [2.45, 2.75) is 6.29 Å². The molecule has 0 fully saturated rings. The van der Waals surface area contributed by atoms with Crippen LogP contribution in [0.4, 0.5) is 5.69 Å². The Morgan fingerprint density at radius 2 is 1.78 bits per heavy atom. The molecular weight excluding hydrogens is 410 g/mol. The van der Waals surface area contributed by atoms with Crippen molar-refractivity contribution in [2.75, 3.05) is 19.2 Å². The van der Waals surface area contributed by atoms with E-state index in [2.05, 4.69) is 26.0 Å². The number of benzene rings is 2. The predicted molar refractivity (Wildman–Crippen MR) is 110 cm³/mol. The van der Waals surface area contributed by atoms with E-state index in [4.69, 9.17) is 15.2 Å². The van der Waals surface area contributed by atoms with Crippen LogP contribution < -0.4 is 20.2 Å². The van der Waals surface area contributed by atoms with Crippen LogP contribution in [0.1, 0.15) is 5.56 Å². The standard InChI is InChI=1S/C19H18BrN5O2/c1-26-16-8-13(20)14(9-17(16)27-2)25-19(21)24-15(10-22-11-18(24)23-25)12-6-4-3-5-7-12/h3-11,19H,21H2,1-2H3. The van der Waals surface area contributed by atoms with Crippen LogP contribution in [-0.2, 0) is 0 Å². The molecular formula is C19H18BrN5O2. The first-order chi connectivity index (χ1) is 13.1. The van der Waals surface area contributed by atoms with Gasteiger partial charge in [0, 0.05) is 16.6 Å². The molecule has 0 aromatic heterocycles. The summed E-state index contributed by atoms with van der Waals surface area (Å²) in [5, 5.41) is 6.39. The zero-order valence-corrected chi connectivity index (χ0v) is 16.4. The maximum absolute atomic E-state index is 6.57. The number of ether oxygens (including phenoxy) is 2. The van der Waals surface area contributed by atoms with Gasteiger partial charge in [-0.1, -0.05) is 30.3 Å². The average Bonchev–Trinajstić information content (AvgIpc) is 3.05. The number of fused-ring (bicyclic) bond motifs is 1.